The van der Waals surface area contributed by atoms with E-state index in [2.05, 4.69) is 67.4 Å². The first-order valence-corrected chi connectivity index (χ1v) is 7.66. The molecule has 4 rings (SSSR count). The summed E-state index contributed by atoms with van der Waals surface area (Å²) in [4.78, 5) is 9.50. The third-order valence-corrected chi connectivity index (χ3v) is 4.19. The van der Waals surface area contributed by atoms with Gasteiger partial charge in [-0.1, -0.05) is 42.5 Å². The number of benzene rings is 2. The van der Waals surface area contributed by atoms with Crippen LogP contribution in [0.1, 0.15) is 30.5 Å². The van der Waals surface area contributed by atoms with Crippen LogP contribution in [0.2, 0.25) is 0 Å². The monoisotopic (exact) mass is 286 g/mol. The fraction of sp³-hybridized carbons (Fsp3) is 0.200. The van der Waals surface area contributed by atoms with E-state index in [1.807, 2.05) is 12.3 Å². The average Bonchev–Trinajstić information content (AvgIpc) is 2.53. The lowest BCUT2D eigenvalue weighted by atomic mass is 9.85. The first-order valence-electron chi connectivity index (χ1n) is 7.66. The summed E-state index contributed by atoms with van der Waals surface area (Å²) >= 11 is 0. The highest BCUT2D eigenvalue weighted by atomic mass is 14.9. The van der Waals surface area contributed by atoms with Crippen molar-refractivity contribution in [1.29, 1.82) is 0 Å². The smallest absolute Gasteiger partial charge is 0.0729 e. The number of rotatable bonds is 1. The minimum Gasteiger partial charge on any atom is -0.278 e. The van der Waals surface area contributed by atoms with Gasteiger partial charge in [0.25, 0.3) is 0 Å². The Balaban J connectivity index is 1.93. The molecular formula is C20H18N2. The number of fused-ring (bicyclic) bond motifs is 2. The van der Waals surface area contributed by atoms with Crippen molar-refractivity contribution < 1.29 is 0 Å². The number of aliphatic imine (C=N–C) groups is 1. The first kappa shape index (κ1) is 13.2. The van der Waals surface area contributed by atoms with Crippen LogP contribution in [0.3, 0.4) is 0 Å². The van der Waals surface area contributed by atoms with Crippen molar-refractivity contribution in [2.24, 2.45) is 4.99 Å². The molecule has 0 saturated heterocycles. The zero-order chi connectivity index (χ0) is 15.2. The molecule has 0 amide bonds. The highest BCUT2D eigenvalue weighted by Gasteiger charge is 2.27. The maximum Gasteiger partial charge on any atom is 0.0729 e. The Morgan fingerprint density at radius 1 is 0.955 bits per heavy atom. The van der Waals surface area contributed by atoms with Gasteiger partial charge in [0, 0.05) is 22.7 Å². The second-order valence-corrected chi connectivity index (χ2v) is 6.52. The third kappa shape index (κ3) is 2.21. The van der Waals surface area contributed by atoms with Gasteiger partial charge in [0.2, 0.25) is 0 Å². The molecule has 0 spiro atoms. The van der Waals surface area contributed by atoms with Crippen LogP contribution < -0.4 is 0 Å². The predicted octanol–water partition coefficient (Wildman–Crippen LogP) is 4.41. The van der Waals surface area contributed by atoms with Gasteiger partial charge < -0.3 is 0 Å². The maximum atomic E-state index is 5.02. The Kier molecular flexibility index (Phi) is 2.86. The predicted molar refractivity (Wildman–Crippen MR) is 91.6 cm³/mol. The van der Waals surface area contributed by atoms with Crippen LogP contribution in [-0.2, 0) is 6.42 Å². The lowest BCUT2D eigenvalue weighted by molar-refractivity contribution is 0.513. The fourth-order valence-corrected chi connectivity index (χ4v) is 3.21. The quantitative estimate of drug-likeness (QED) is 0.650. The Morgan fingerprint density at radius 3 is 2.73 bits per heavy atom. The topological polar surface area (TPSA) is 25.2 Å². The molecule has 0 fully saturated rings. The van der Waals surface area contributed by atoms with E-state index in [0.29, 0.717) is 0 Å². The molecule has 0 bridgehead atoms. The van der Waals surface area contributed by atoms with E-state index >= 15 is 0 Å². The standard InChI is InChI=1S/C20H18N2/c1-20(2)13-16-6-3-4-8-17(16)19(22-20)15-10-9-14-7-5-11-21-18(14)12-15/h3-12H,13H2,1-2H3. The highest BCUT2D eigenvalue weighted by Crippen LogP contribution is 2.29. The van der Waals surface area contributed by atoms with Gasteiger partial charge in [0.1, 0.15) is 0 Å². The molecule has 0 aliphatic carbocycles. The summed E-state index contributed by atoms with van der Waals surface area (Å²) in [5.41, 5.74) is 5.80. The normalized spacial score (nSPS) is 16.2. The van der Waals surface area contributed by atoms with E-state index in [0.717, 1.165) is 28.6 Å². The Hall–Kier alpha value is -2.48. The zero-order valence-electron chi connectivity index (χ0n) is 12.9. The van der Waals surface area contributed by atoms with Crippen LogP contribution in [-0.4, -0.2) is 16.2 Å². The maximum absolute atomic E-state index is 5.02. The van der Waals surface area contributed by atoms with Crippen molar-refractivity contribution in [2.75, 3.05) is 0 Å². The summed E-state index contributed by atoms with van der Waals surface area (Å²) in [5.74, 6) is 0. The summed E-state index contributed by atoms with van der Waals surface area (Å²) in [6.45, 7) is 4.39. The summed E-state index contributed by atoms with van der Waals surface area (Å²) in [6.07, 6.45) is 2.82. The third-order valence-electron chi connectivity index (χ3n) is 4.19. The molecule has 2 nitrogen and oxygen atoms in total. The lowest BCUT2D eigenvalue weighted by Crippen LogP contribution is -2.29. The Bertz CT molecular complexity index is 891. The Labute approximate surface area is 130 Å². The van der Waals surface area contributed by atoms with E-state index in [4.69, 9.17) is 4.99 Å². The Morgan fingerprint density at radius 2 is 1.82 bits per heavy atom. The minimum absolute atomic E-state index is 0.0667. The molecule has 2 aromatic carbocycles. The lowest BCUT2D eigenvalue weighted by Gasteiger charge is -2.29. The molecule has 1 aliphatic rings. The molecule has 0 saturated carbocycles. The van der Waals surface area contributed by atoms with Crippen LogP contribution in [0.25, 0.3) is 10.9 Å². The van der Waals surface area contributed by atoms with E-state index in [9.17, 15) is 0 Å². The van der Waals surface area contributed by atoms with Gasteiger partial charge in [0.05, 0.1) is 16.8 Å². The summed E-state index contributed by atoms with van der Waals surface area (Å²) in [6, 6.07) is 19.1. The second kappa shape index (κ2) is 4.77. The van der Waals surface area contributed by atoms with Gasteiger partial charge in [-0.2, -0.15) is 0 Å². The molecule has 2 heteroatoms. The molecule has 2 heterocycles. The van der Waals surface area contributed by atoms with Gasteiger partial charge in [-0.05, 0) is 38.0 Å². The minimum atomic E-state index is -0.0667. The highest BCUT2D eigenvalue weighted by molar-refractivity contribution is 6.15. The molecule has 0 atom stereocenters. The largest absolute Gasteiger partial charge is 0.278 e. The molecule has 3 aromatic rings. The molecule has 108 valence electrons. The van der Waals surface area contributed by atoms with Crippen molar-refractivity contribution in [3.8, 4) is 0 Å². The molecule has 0 N–H and O–H groups in total. The van der Waals surface area contributed by atoms with E-state index in [-0.39, 0.29) is 5.54 Å². The van der Waals surface area contributed by atoms with Gasteiger partial charge in [-0.3, -0.25) is 9.98 Å². The van der Waals surface area contributed by atoms with Gasteiger partial charge >= 0.3 is 0 Å². The number of hydrogen-bond acceptors (Lipinski definition) is 2. The second-order valence-electron chi connectivity index (χ2n) is 6.52. The van der Waals surface area contributed by atoms with Crippen molar-refractivity contribution in [3.05, 3.63) is 77.5 Å². The summed E-state index contributed by atoms with van der Waals surface area (Å²) < 4.78 is 0. The van der Waals surface area contributed by atoms with E-state index in [1.54, 1.807) is 0 Å². The summed E-state index contributed by atoms with van der Waals surface area (Å²) in [7, 11) is 0. The molecular weight excluding hydrogens is 268 g/mol. The van der Waals surface area contributed by atoms with Crippen LogP contribution in [0, 0.1) is 0 Å². The number of hydrogen-bond donors (Lipinski definition) is 0. The van der Waals surface area contributed by atoms with Gasteiger partial charge in [-0.15, -0.1) is 0 Å². The van der Waals surface area contributed by atoms with Crippen LogP contribution in [0.5, 0.6) is 0 Å². The first-order chi connectivity index (χ1) is 10.6. The van der Waals surface area contributed by atoms with E-state index < -0.39 is 0 Å². The van der Waals surface area contributed by atoms with Gasteiger partial charge in [-0.25, -0.2) is 0 Å². The van der Waals surface area contributed by atoms with Crippen LogP contribution in [0.4, 0.5) is 0 Å². The average molecular weight is 286 g/mol. The molecule has 1 aromatic heterocycles. The van der Waals surface area contributed by atoms with E-state index in [1.165, 1.54) is 11.1 Å². The van der Waals surface area contributed by atoms with Crippen LogP contribution >= 0.6 is 0 Å². The number of aromatic nitrogens is 1. The molecule has 0 unspecified atom stereocenters. The number of nitrogens with zero attached hydrogens (tertiary/aromatic N) is 2. The SMILES string of the molecule is CC1(C)Cc2ccccc2C(c2ccc3cccnc3c2)=N1. The van der Waals surface area contributed by atoms with Crippen LogP contribution in [0.15, 0.2) is 65.8 Å². The number of pyridine rings is 1. The summed E-state index contributed by atoms with van der Waals surface area (Å²) in [5, 5.41) is 1.16. The van der Waals surface area contributed by atoms with Gasteiger partial charge in [0.15, 0.2) is 0 Å². The van der Waals surface area contributed by atoms with Crippen molar-refractivity contribution in [2.45, 2.75) is 25.8 Å². The van der Waals surface area contributed by atoms with Crippen molar-refractivity contribution in [1.82, 2.24) is 4.98 Å². The molecule has 1 aliphatic heterocycles. The molecule has 0 radical (unpaired) electrons. The van der Waals surface area contributed by atoms with Crippen molar-refractivity contribution >= 4 is 16.6 Å². The van der Waals surface area contributed by atoms with Crippen molar-refractivity contribution in [3.63, 3.8) is 0 Å². The molecule has 22 heavy (non-hydrogen) atoms. The fourth-order valence-electron chi connectivity index (χ4n) is 3.21. The zero-order valence-corrected chi connectivity index (χ0v) is 12.9.